The predicted molar refractivity (Wildman–Crippen MR) is 65.0 cm³/mol. The summed E-state index contributed by atoms with van der Waals surface area (Å²) in [4.78, 5) is 4.18. The van der Waals surface area contributed by atoms with Gasteiger partial charge in [0.2, 0.25) is 0 Å². The molecule has 86 valence electrons. The lowest BCUT2D eigenvalue weighted by atomic mass is 10.1. The maximum Gasteiger partial charge on any atom is 0.164 e. The Kier molecular flexibility index (Phi) is 3.62. The average Bonchev–Trinajstić information content (AvgIpc) is 2.72. The molecule has 0 aliphatic rings. The van der Waals surface area contributed by atoms with Gasteiger partial charge in [0.05, 0.1) is 22.5 Å². The number of hydrogen-bond acceptors (Lipinski definition) is 3. The van der Waals surface area contributed by atoms with Gasteiger partial charge in [-0.3, -0.25) is 5.10 Å². The van der Waals surface area contributed by atoms with Crippen molar-refractivity contribution in [1.82, 2.24) is 15.2 Å². The van der Waals surface area contributed by atoms with Crippen molar-refractivity contribution in [2.75, 3.05) is 0 Å². The minimum atomic E-state index is 0.206. The zero-order valence-corrected chi connectivity index (χ0v) is 10.3. The number of hydrogen-bond donors (Lipinski definition) is 1. The Morgan fingerprint density at radius 1 is 1.29 bits per heavy atom. The molecule has 17 heavy (non-hydrogen) atoms. The average molecular weight is 267 g/mol. The number of nitrogens with zero attached hydrogens (tertiary/aromatic N) is 3. The van der Waals surface area contributed by atoms with Crippen molar-refractivity contribution < 1.29 is 0 Å². The molecule has 0 aliphatic heterocycles. The highest BCUT2D eigenvalue weighted by atomic mass is 35.5. The fraction of sp³-hybridized carbons (Fsp3) is 0.182. The van der Waals surface area contributed by atoms with Crippen LogP contribution in [0.5, 0.6) is 0 Å². The third-order valence-corrected chi connectivity index (χ3v) is 2.91. The minimum absolute atomic E-state index is 0.206. The molecule has 0 saturated heterocycles. The van der Waals surface area contributed by atoms with E-state index in [2.05, 4.69) is 15.2 Å². The molecule has 0 unspecified atom stereocenters. The fourth-order valence-electron chi connectivity index (χ4n) is 1.41. The van der Waals surface area contributed by atoms with Gasteiger partial charge in [0.1, 0.15) is 5.82 Å². The summed E-state index contributed by atoms with van der Waals surface area (Å²) in [5.74, 6) is 1.20. The molecule has 4 nitrogen and oxygen atoms in total. The van der Waals surface area contributed by atoms with Crippen molar-refractivity contribution in [3.63, 3.8) is 0 Å². The van der Waals surface area contributed by atoms with E-state index in [1.165, 1.54) is 0 Å². The van der Waals surface area contributed by atoms with Crippen LogP contribution in [0.15, 0.2) is 18.2 Å². The second-order valence-corrected chi connectivity index (χ2v) is 4.27. The van der Waals surface area contributed by atoms with Crippen molar-refractivity contribution in [1.29, 1.82) is 5.26 Å². The highest BCUT2D eigenvalue weighted by molar-refractivity contribution is 6.42. The maximum absolute atomic E-state index is 8.51. The molecule has 0 bridgehead atoms. The summed E-state index contributed by atoms with van der Waals surface area (Å²) >= 11 is 11.7. The van der Waals surface area contributed by atoms with Crippen LogP contribution in [-0.2, 0) is 12.8 Å². The van der Waals surface area contributed by atoms with Gasteiger partial charge in [-0.2, -0.15) is 10.4 Å². The quantitative estimate of drug-likeness (QED) is 0.929. The molecule has 1 aromatic heterocycles. The first-order valence-corrected chi connectivity index (χ1v) is 5.65. The molecule has 0 fully saturated rings. The number of nitriles is 1. The van der Waals surface area contributed by atoms with Crippen LogP contribution in [0.3, 0.4) is 0 Å². The first-order chi connectivity index (χ1) is 8.19. The first-order valence-electron chi connectivity index (χ1n) is 4.90. The number of H-pyrrole nitrogens is 1. The zero-order valence-electron chi connectivity index (χ0n) is 8.74. The van der Waals surface area contributed by atoms with Crippen molar-refractivity contribution >= 4 is 23.2 Å². The molecule has 1 N–H and O–H groups in total. The van der Waals surface area contributed by atoms with Crippen LogP contribution in [0.4, 0.5) is 0 Å². The number of rotatable bonds is 3. The number of halogens is 2. The van der Waals surface area contributed by atoms with Crippen LogP contribution >= 0.6 is 23.2 Å². The summed E-state index contributed by atoms with van der Waals surface area (Å²) in [7, 11) is 0. The van der Waals surface area contributed by atoms with Crippen LogP contribution in [0, 0.1) is 11.3 Å². The van der Waals surface area contributed by atoms with E-state index in [1.54, 1.807) is 12.1 Å². The molecule has 0 aliphatic carbocycles. The number of aromatic nitrogens is 3. The largest absolute Gasteiger partial charge is 0.263 e. The highest BCUT2D eigenvalue weighted by Crippen LogP contribution is 2.23. The van der Waals surface area contributed by atoms with Gasteiger partial charge in [-0.15, -0.1) is 0 Å². The van der Waals surface area contributed by atoms with Gasteiger partial charge in [-0.05, 0) is 17.7 Å². The number of nitrogens with one attached hydrogen (secondary N) is 1. The smallest absolute Gasteiger partial charge is 0.164 e. The third kappa shape index (κ3) is 2.96. The number of aromatic amines is 1. The van der Waals surface area contributed by atoms with Crippen molar-refractivity contribution in [3.8, 4) is 6.07 Å². The molecule has 0 radical (unpaired) electrons. The topological polar surface area (TPSA) is 65.4 Å². The van der Waals surface area contributed by atoms with E-state index in [9.17, 15) is 0 Å². The molecular weight excluding hydrogens is 259 g/mol. The molecule has 1 aromatic carbocycles. The van der Waals surface area contributed by atoms with E-state index in [0.29, 0.717) is 28.1 Å². The summed E-state index contributed by atoms with van der Waals surface area (Å²) < 4.78 is 0. The Hall–Kier alpha value is -1.57. The van der Waals surface area contributed by atoms with Crippen molar-refractivity contribution in [2.45, 2.75) is 12.8 Å². The van der Waals surface area contributed by atoms with Gasteiger partial charge >= 0.3 is 0 Å². The van der Waals surface area contributed by atoms with Gasteiger partial charge in [-0.25, -0.2) is 4.98 Å². The first kappa shape index (κ1) is 11.9. The molecule has 6 heteroatoms. The highest BCUT2D eigenvalue weighted by Gasteiger charge is 2.05. The van der Waals surface area contributed by atoms with Crippen molar-refractivity contribution in [2.24, 2.45) is 0 Å². The zero-order chi connectivity index (χ0) is 12.3. The van der Waals surface area contributed by atoms with Crippen LogP contribution in [0.25, 0.3) is 0 Å². The Morgan fingerprint density at radius 3 is 2.82 bits per heavy atom. The second-order valence-electron chi connectivity index (χ2n) is 3.46. The lowest BCUT2D eigenvalue weighted by Crippen LogP contribution is -1.91. The van der Waals surface area contributed by atoms with E-state index in [1.807, 2.05) is 12.1 Å². The Morgan fingerprint density at radius 2 is 2.12 bits per heavy atom. The maximum atomic E-state index is 8.51. The lowest BCUT2D eigenvalue weighted by Gasteiger charge is -2.00. The predicted octanol–water partition coefficient (Wildman–Crippen LogP) is 2.77. The summed E-state index contributed by atoms with van der Waals surface area (Å²) in [6.07, 6.45) is 0.785. The van der Waals surface area contributed by atoms with Gasteiger partial charge < -0.3 is 0 Å². The standard InChI is InChI=1S/C11H8Cl2N4/c12-8-2-1-7(5-9(8)13)6-11-15-10(3-4-14)16-17-11/h1-2,5H,3,6H2,(H,15,16,17). The lowest BCUT2D eigenvalue weighted by molar-refractivity contribution is 0.964. The van der Waals surface area contributed by atoms with Gasteiger partial charge in [-0.1, -0.05) is 29.3 Å². The Labute approximate surface area is 108 Å². The molecule has 0 saturated carbocycles. The second kappa shape index (κ2) is 5.17. The molecule has 0 amide bonds. The van der Waals surface area contributed by atoms with Gasteiger partial charge in [0.15, 0.2) is 5.82 Å². The van der Waals surface area contributed by atoms with Crippen LogP contribution in [0.2, 0.25) is 10.0 Å². The molecular formula is C11H8Cl2N4. The minimum Gasteiger partial charge on any atom is -0.263 e. The summed E-state index contributed by atoms with van der Waals surface area (Å²) in [5.41, 5.74) is 0.985. The summed E-state index contributed by atoms with van der Waals surface area (Å²) in [6, 6.07) is 7.40. The normalized spacial score (nSPS) is 10.2. The Balaban J connectivity index is 2.14. The SMILES string of the molecule is N#CCc1n[nH]c(Cc2ccc(Cl)c(Cl)c2)n1. The van der Waals surface area contributed by atoms with E-state index in [-0.39, 0.29) is 6.42 Å². The van der Waals surface area contributed by atoms with Gasteiger partial charge in [0.25, 0.3) is 0 Å². The van der Waals surface area contributed by atoms with E-state index >= 15 is 0 Å². The molecule has 1 heterocycles. The summed E-state index contributed by atoms with van der Waals surface area (Å²) in [6.45, 7) is 0. The number of benzene rings is 1. The fourth-order valence-corrected chi connectivity index (χ4v) is 1.73. The molecule has 2 aromatic rings. The summed E-state index contributed by atoms with van der Waals surface area (Å²) in [5, 5.41) is 16.3. The van der Waals surface area contributed by atoms with E-state index in [0.717, 1.165) is 5.56 Å². The molecule has 2 rings (SSSR count). The van der Waals surface area contributed by atoms with E-state index < -0.39 is 0 Å². The van der Waals surface area contributed by atoms with Crippen molar-refractivity contribution in [3.05, 3.63) is 45.5 Å². The Bertz CT molecular complexity index is 571. The third-order valence-electron chi connectivity index (χ3n) is 2.17. The van der Waals surface area contributed by atoms with Crippen LogP contribution in [0.1, 0.15) is 17.2 Å². The van der Waals surface area contributed by atoms with Gasteiger partial charge in [0, 0.05) is 6.42 Å². The molecule has 0 spiro atoms. The van der Waals surface area contributed by atoms with Crippen LogP contribution < -0.4 is 0 Å². The molecule has 0 atom stereocenters. The van der Waals surface area contributed by atoms with Crippen LogP contribution in [-0.4, -0.2) is 15.2 Å². The monoisotopic (exact) mass is 266 g/mol. The van der Waals surface area contributed by atoms with E-state index in [4.69, 9.17) is 28.5 Å².